The second-order valence-electron chi connectivity index (χ2n) is 7.72. The van der Waals surface area contributed by atoms with Gasteiger partial charge in [-0.25, -0.2) is 9.35 Å². The van der Waals surface area contributed by atoms with Crippen LogP contribution < -0.4 is 10.5 Å². The molecule has 2 aromatic carbocycles. The van der Waals surface area contributed by atoms with Gasteiger partial charge in [-0.05, 0) is 67.2 Å². The van der Waals surface area contributed by atoms with E-state index in [0.717, 1.165) is 12.2 Å². The van der Waals surface area contributed by atoms with Crippen LogP contribution in [0.4, 0.5) is 0 Å². The fraction of sp³-hybridized carbons (Fsp3) is 0.308. The van der Waals surface area contributed by atoms with E-state index < -0.39 is 11.0 Å². The Morgan fingerprint density at radius 2 is 1.90 bits per heavy atom. The Balaban J connectivity index is 0.000000196. The molecule has 3 N–H and O–H groups in total. The highest BCUT2D eigenvalue weighted by Crippen LogP contribution is 2.25. The lowest BCUT2D eigenvalue weighted by Crippen LogP contribution is -2.32. The highest BCUT2D eigenvalue weighted by atomic mass is 32.2. The average molecular weight is 437 g/mol. The van der Waals surface area contributed by atoms with Gasteiger partial charge in [0.05, 0.1) is 12.0 Å². The van der Waals surface area contributed by atoms with Crippen molar-refractivity contribution in [1.29, 1.82) is 0 Å². The van der Waals surface area contributed by atoms with E-state index in [1.54, 1.807) is 19.3 Å². The van der Waals surface area contributed by atoms with Gasteiger partial charge >= 0.3 is 0 Å². The fourth-order valence-corrected chi connectivity index (χ4v) is 4.37. The van der Waals surface area contributed by atoms with E-state index in [4.69, 9.17) is 9.88 Å². The monoisotopic (exact) mass is 436 g/mol. The number of ether oxygens (including phenoxy) is 1. The van der Waals surface area contributed by atoms with Gasteiger partial charge in [-0.3, -0.25) is 0 Å². The molecule has 3 atom stereocenters. The number of hydrogen-bond acceptors (Lipinski definition) is 3. The molecule has 0 bridgehead atoms. The molecule has 164 valence electrons. The molecule has 0 saturated heterocycles. The molecule has 3 unspecified atom stereocenters. The molecule has 0 amide bonds. The number of rotatable bonds is 5. The molecule has 4 nitrogen and oxygen atoms in total. The summed E-state index contributed by atoms with van der Waals surface area (Å²) in [5.74, 6) is 0.770. The zero-order chi connectivity index (χ0) is 22.1. The number of allylic oxidation sites excluding steroid dienone is 5. The summed E-state index contributed by atoms with van der Waals surface area (Å²) in [4.78, 5) is 0.637. The summed E-state index contributed by atoms with van der Waals surface area (Å²) in [6.45, 7) is 2.28. The van der Waals surface area contributed by atoms with Crippen molar-refractivity contribution in [3.05, 3.63) is 95.1 Å². The Hall–Kier alpha value is -2.47. The van der Waals surface area contributed by atoms with Gasteiger partial charge in [-0.1, -0.05) is 60.7 Å². The molecule has 5 heteroatoms. The summed E-state index contributed by atoms with van der Waals surface area (Å²) in [6.07, 6.45) is 16.1. The lowest BCUT2D eigenvalue weighted by Gasteiger charge is -2.25. The van der Waals surface area contributed by atoms with Gasteiger partial charge in [-0.15, -0.1) is 0 Å². The van der Waals surface area contributed by atoms with Crippen LogP contribution in [0.2, 0.25) is 0 Å². The number of nitrogens with two attached hydrogens (primary N) is 1. The molecule has 31 heavy (non-hydrogen) atoms. The third-order valence-corrected chi connectivity index (χ3v) is 6.33. The minimum atomic E-state index is -1.39. The zero-order valence-electron chi connectivity index (χ0n) is 18.3. The quantitative estimate of drug-likeness (QED) is 0.601. The standard InChI is InChI=1S/C18H21N.C8H11NO2S/c1-14(19-16-10-3-2-4-11-16)17-13-7-9-15-8-5-6-12-18(15)17;1-11-7-3-2-4-8(6-5-7)12(9)10/h2-3,5-9,12-14,16,19H,4,10-11H2,1H3;3-6H,2,9H2,1H3. The summed E-state index contributed by atoms with van der Waals surface area (Å²) in [5, 5.41) is 11.7. The zero-order valence-corrected chi connectivity index (χ0v) is 19.1. The molecule has 0 fully saturated rings. The second-order valence-corrected chi connectivity index (χ2v) is 8.79. The molecule has 2 aromatic rings. The summed E-state index contributed by atoms with van der Waals surface area (Å²) in [6, 6.07) is 16.3. The maximum absolute atomic E-state index is 10.9. The largest absolute Gasteiger partial charge is 0.497 e. The van der Waals surface area contributed by atoms with E-state index >= 15 is 0 Å². The van der Waals surface area contributed by atoms with Crippen molar-refractivity contribution in [2.45, 2.75) is 44.7 Å². The first-order valence-electron chi connectivity index (χ1n) is 10.8. The van der Waals surface area contributed by atoms with Gasteiger partial charge in [0.2, 0.25) is 0 Å². The van der Waals surface area contributed by atoms with Crippen LogP contribution in [0.5, 0.6) is 0 Å². The van der Waals surface area contributed by atoms with E-state index in [1.165, 1.54) is 29.2 Å². The summed E-state index contributed by atoms with van der Waals surface area (Å²) >= 11 is 0. The third-order valence-electron chi connectivity index (χ3n) is 5.56. The lowest BCUT2D eigenvalue weighted by atomic mass is 9.96. The lowest BCUT2D eigenvalue weighted by molar-refractivity contribution is 0.306. The topological polar surface area (TPSA) is 64.3 Å². The molecule has 2 aliphatic carbocycles. The molecule has 4 rings (SSSR count). The summed E-state index contributed by atoms with van der Waals surface area (Å²) in [7, 11) is 0.203. The number of benzene rings is 2. The van der Waals surface area contributed by atoms with Crippen molar-refractivity contribution < 1.29 is 8.95 Å². The minimum absolute atomic E-state index is 0.405. The Bertz CT molecular complexity index is 1020. The van der Waals surface area contributed by atoms with E-state index in [9.17, 15) is 4.21 Å². The first-order chi connectivity index (χ1) is 15.1. The van der Waals surface area contributed by atoms with Gasteiger partial charge < -0.3 is 10.1 Å². The van der Waals surface area contributed by atoms with Gasteiger partial charge in [0.25, 0.3) is 0 Å². The van der Waals surface area contributed by atoms with E-state index in [1.807, 2.05) is 12.2 Å². The molecule has 0 spiro atoms. The second kappa shape index (κ2) is 11.8. The number of fused-ring (bicyclic) bond motifs is 1. The fourth-order valence-electron chi connectivity index (χ4n) is 3.91. The summed E-state index contributed by atoms with van der Waals surface area (Å²) in [5.41, 5.74) is 1.41. The molecule has 0 aliphatic heterocycles. The van der Waals surface area contributed by atoms with Crippen LogP contribution in [0.3, 0.4) is 0 Å². The van der Waals surface area contributed by atoms with Crippen molar-refractivity contribution >= 4 is 21.8 Å². The molecule has 0 aromatic heterocycles. The Labute approximate surface area is 188 Å². The molecule has 0 radical (unpaired) electrons. The van der Waals surface area contributed by atoms with E-state index in [-0.39, 0.29) is 0 Å². The van der Waals surface area contributed by atoms with Crippen LogP contribution in [-0.4, -0.2) is 17.4 Å². The minimum Gasteiger partial charge on any atom is -0.497 e. The average Bonchev–Trinajstić information content (AvgIpc) is 3.06. The van der Waals surface area contributed by atoms with Crippen LogP contribution in [0, 0.1) is 0 Å². The van der Waals surface area contributed by atoms with Gasteiger partial charge in [-0.2, -0.15) is 0 Å². The van der Waals surface area contributed by atoms with E-state index in [2.05, 4.69) is 66.9 Å². The van der Waals surface area contributed by atoms with Crippen molar-refractivity contribution in [3.8, 4) is 0 Å². The Morgan fingerprint density at radius 3 is 2.65 bits per heavy atom. The Kier molecular flexibility index (Phi) is 8.83. The van der Waals surface area contributed by atoms with Crippen molar-refractivity contribution in [2.75, 3.05) is 7.11 Å². The van der Waals surface area contributed by atoms with Crippen LogP contribution in [-0.2, 0) is 15.7 Å². The molecule has 0 saturated carbocycles. The van der Waals surface area contributed by atoms with Crippen LogP contribution in [0.25, 0.3) is 10.8 Å². The van der Waals surface area contributed by atoms with Crippen LogP contribution in [0.15, 0.2) is 89.6 Å². The van der Waals surface area contributed by atoms with E-state index in [0.29, 0.717) is 23.4 Å². The predicted octanol–water partition coefficient (Wildman–Crippen LogP) is 5.58. The maximum Gasteiger partial charge on any atom is 0.121 e. The maximum atomic E-state index is 10.9. The summed E-state index contributed by atoms with van der Waals surface area (Å²) < 4.78 is 15.9. The third kappa shape index (κ3) is 6.76. The van der Waals surface area contributed by atoms with Gasteiger partial charge in [0.1, 0.15) is 16.7 Å². The SMILES string of the molecule is CC(NC1CC=CCC1)c1cccc2ccccc12.COC1=CCC=C(S(N)=O)C=C1. The van der Waals surface area contributed by atoms with Crippen molar-refractivity contribution in [1.82, 2.24) is 5.32 Å². The Morgan fingerprint density at radius 1 is 1.10 bits per heavy atom. The highest BCUT2D eigenvalue weighted by Gasteiger charge is 2.15. The van der Waals surface area contributed by atoms with Crippen molar-refractivity contribution in [2.24, 2.45) is 5.14 Å². The smallest absolute Gasteiger partial charge is 0.121 e. The van der Waals surface area contributed by atoms with Crippen LogP contribution >= 0.6 is 0 Å². The van der Waals surface area contributed by atoms with Crippen LogP contribution in [0.1, 0.15) is 44.2 Å². The first-order valence-corrected chi connectivity index (χ1v) is 12.0. The number of nitrogens with one attached hydrogen (secondary N) is 1. The molecule has 0 heterocycles. The number of methoxy groups -OCH3 is 1. The first kappa shape index (κ1) is 23.2. The number of hydrogen-bond donors (Lipinski definition) is 2. The molecular formula is C26H32N2O2S. The van der Waals surface area contributed by atoms with Crippen molar-refractivity contribution in [3.63, 3.8) is 0 Å². The molecule has 2 aliphatic rings. The predicted molar refractivity (Wildman–Crippen MR) is 132 cm³/mol. The molecular weight excluding hydrogens is 404 g/mol. The highest BCUT2D eigenvalue weighted by molar-refractivity contribution is 7.86. The van der Waals surface area contributed by atoms with Gasteiger partial charge in [0, 0.05) is 12.1 Å². The van der Waals surface area contributed by atoms with Gasteiger partial charge in [0.15, 0.2) is 0 Å². The normalized spacial score (nSPS) is 20.0.